The quantitative estimate of drug-likeness (QED) is 0.692. The Morgan fingerprint density at radius 3 is 2.65 bits per heavy atom. The van der Waals surface area contributed by atoms with Crippen LogP contribution in [0.2, 0.25) is 0 Å². The van der Waals surface area contributed by atoms with E-state index in [1.165, 1.54) is 6.07 Å². The molecule has 0 unspecified atom stereocenters. The fourth-order valence-electron chi connectivity index (χ4n) is 2.05. The lowest BCUT2D eigenvalue weighted by Gasteiger charge is -2.01. The van der Waals surface area contributed by atoms with Crippen molar-refractivity contribution in [3.63, 3.8) is 0 Å². The third-order valence-electron chi connectivity index (χ3n) is 3.11. The van der Waals surface area contributed by atoms with E-state index in [0.29, 0.717) is 11.3 Å². The molecule has 98 valence electrons. The molecule has 0 atom stereocenters. The molecule has 3 heteroatoms. The van der Waals surface area contributed by atoms with Gasteiger partial charge in [-0.25, -0.2) is 4.98 Å². The number of nitrogens with zero attached hydrogens (tertiary/aromatic N) is 1. The molecule has 3 N–H and O–H groups in total. The molecule has 1 aromatic heterocycles. The molecule has 0 fully saturated rings. The van der Waals surface area contributed by atoms with Gasteiger partial charge in [0.2, 0.25) is 0 Å². The monoisotopic (exact) mass is 262 g/mol. The van der Waals surface area contributed by atoms with Crippen molar-refractivity contribution in [3.8, 4) is 5.75 Å². The number of benzene rings is 2. The lowest BCUT2D eigenvalue weighted by Crippen LogP contribution is -1.85. The molecule has 3 aromatic rings. The highest BCUT2D eigenvalue weighted by molar-refractivity contribution is 5.81. The van der Waals surface area contributed by atoms with Gasteiger partial charge in [0.15, 0.2) is 0 Å². The number of fused-ring (bicyclic) bond motifs is 1. The number of phenols is 1. The number of pyridine rings is 1. The van der Waals surface area contributed by atoms with Crippen LogP contribution in [-0.4, -0.2) is 10.1 Å². The molecule has 0 aliphatic carbocycles. The predicted molar refractivity (Wildman–Crippen MR) is 83.2 cm³/mol. The Kier molecular flexibility index (Phi) is 3.09. The Labute approximate surface area is 117 Å². The van der Waals surface area contributed by atoms with Gasteiger partial charge in [0.1, 0.15) is 5.75 Å². The summed E-state index contributed by atoms with van der Waals surface area (Å²) < 4.78 is 0. The molecule has 0 radical (unpaired) electrons. The fraction of sp³-hybridized carbons (Fsp3) is 0. The zero-order valence-corrected chi connectivity index (χ0v) is 10.8. The predicted octanol–water partition coefficient (Wildman–Crippen LogP) is 3.69. The molecule has 0 amide bonds. The fourth-order valence-corrected chi connectivity index (χ4v) is 2.05. The van der Waals surface area contributed by atoms with Crippen LogP contribution in [0.3, 0.4) is 0 Å². The summed E-state index contributed by atoms with van der Waals surface area (Å²) in [7, 11) is 0. The largest absolute Gasteiger partial charge is 0.507 e. The van der Waals surface area contributed by atoms with Crippen molar-refractivity contribution in [1.29, 1.82) is 0 Å². The van der Waals surface area contributed by atoms with Crippen LogP contribution in [0.1, 0.15) is 11.3 Å². The summed E-state index contributed by atoms with van der Waals surface area (Å²) >= 11 is 0. The lowest BCUT2D eigenvalue weighted by molar-refractivity contribution is 0.474. The molecule has 0 saturated carbocycles. The number of nitrogen functional groups attached to an aromatic ring is 1. The van der Waals surface area contributed by atoms with Gasteiger partial charge in [-0.1, -0.05) is 24.3 Å². The summed E-state index contributed by atoms with van der Waals surface area (Å²) in [4.78, 5) is 4.54. The van der Waals surface area contributed by atoms with Crippen LogP contribution >= 0.6 is 0 Å². The number of hydrogen-bond donors (Lipinski definition) is 2. The molecule has 0 saturated heterocycles. The van der Waals surface area contributed by atoms with Gasteiger partial charge in [0, 0.05) is 22.7 Å². The van der Waals surface area contributed by atoms with E-state index in [9.17, 15) is 5.11 Å². The Morgan fingerprint density at radius 1 is 0.950 bits per heavy atom. The SMILES string of the molecule is Nc1ccc(/C=C/c2ccc3ccccc3n2)c(O)c1. The van der Waals surface area contributed by atoms with Crippen LogP contribution < -0.4 is 5.73 Å². The molecule has 2 aromatic carbocycles. The zero-order valence-electron chi connectivity index (χ0n) is 10.8. The number of para-hydroxylation sites is 1. The Hall–Kier alpha value is -2.81. The first-order valence-corrected chi connectivity index (χ1v) is 6.35. The molecule has 0 aliphatic rings. The summed E-state index contributed by atoms with van der Waals surface area (Å²) in [5.74, 6) is 0.169. The highest BCUT2D eigenvalue weighted by Crippen LogP contribution is 2.22. The van der Waals surface area contributed by atoms with E-state index < -0.39 is 0 Å². The average molecular weight is 262 g/mol. The maximum absolute atomic E-state index is 9.79. The van der Waals surface area contributed by atoms with Crippen molar-refractivity contribution in [2.45, 2.75) is 0 Å². The van der Waals surface area contributed by atoms with E-state index in [1.54, 1.807) is 12.1 Å². The molecule has 3 rings (SSSR count). The molecule has 3 nitrogen and oxygen atoms in total. The number of aromatic nitrogens is 1. The Balaban J connectivity index is 1.93. The van der Waals surface area contributed by atoms with Crippen molar-refractivity contribution in [3.05, 3.63) is 65.9 Å². The summed E-state index contributed by atoms with van der Waals surface area (Å²) in [6.07, 6.45) is 3.70. The second-order valence-electron chi connectivity index (χ2n) is 4.58. The maximum atomic E-state index is 9.79. The number of nitrogens with two attached hydrogens (primary N) is 1. The second kappa shape index (κ2) is 5.05. The summed E-state index contributed by atoms with van der Waals surface area (Å²) in [5.41, 5.74) is 8.66. The lowest BCUT2D eigenvalue weighted by atomic mass is 10.1. The van der Waals surface area contributed by atoms with Gasteiger partial charge in [-0.3, -0.25) is 0 Å². The Morgan fingerprint density at radius 2 is 1.80 bits per heavy atom. The molecule has 0 bridgehead atoms. The Bertz CT molecular complexity index is 794. The molecular formula is C17H14N2O. The van der Waals surface area contributed by atoms with Gasteiger partial charge in [0.25, 0.3) is 0 Å². The summed E-state index contributed by atoms with van der Waals surface area (Å²) in [6, 6.07) is 17.0. The standard InChI is InChI=1S/C17H14N2O/c18-14-8-5-13(17(20)11-14)7-10-15-9-6-12-3-1-2-4-16(12)19-15/h1-11,20H,18H2/b10-7+. The van der Waals surface area contributed by atoms with Gasteiger partial charge in [-0.05, 0) is 36.4 Å². The summed E-state index contributed by atoms with van der Waals surface area (Å²) in [6.45, 7) is 0. The van der Waals surface area contributed by atoms with Crippen LogP contribution in [-0.2, 0) is 0 Å². The third-order valence-corrected chi connectivity index (χ3v) is 3.11. The smallest absolute Gasteiger partial charge is 0.124 e. The van der Waals surface area contributed by atoms with Crippen molar-refractivity contribution in [1.82, 2.24) is 4.98 Å². The maximum Gasteiger partial charge on any atom is 0.124 e. The van der Waals surface area contributed by atoms with Gasteiger partial charge < -0.3 is 10.8 Å². The van der Waals surface area contributed by atoms with E-state index in [4.69, 9.17) is 5.73 Å². The number of aromatic hydroxyl groups is 1. The summed E-state index contributed by atoms with van der Waals surface area (Å²) in [5, 5.41) is 10.9. The highest BCUT2D eigenvalue weighted by Gasteiger charge is 1.98. The van der Waals surface area contributed by atoms with Crippen LogP contribution in [0, 0.1) is 0 Å². The van der Waals surface area contributed by atoms with E-state index in [-0.39, 0.29) is 5.75 Å². The van der Waals surface area contributed by atoms with E-state index in [2.05, 4.69) is 4.98 Å². The average Bonchev–Trinajstić information content (AvgIpc) is 2.46. The normalized spacial score (nSPS) is 11.2. The second-order valence-corrected chi connectivity index (χ2v) is 4.58. The molecule has 0 aliphatic heterocycles. The van der Waals surface area contributed by atoms with Crippen LogP contribution in [0.5, 0.6) is 5.75 Å². The minimum absolute atomic E-state index is 0.169. The van der Waals surface area contributed by atoms with Crippen molar-refractivity contribution < 1.29 is 5.11 Å². The van der Waals surface area contributed by atoms with Crippen molar-refractivity contribution in [2.24, 2.45) is 0 Å². The van der Waals surface area contributed by atoms with E-state index in [1.807, 2.05) is 48.6 Å². The zero-order chi connectivity index (χ0) is 13.9. The van der Waals surface area contributed by atoms with Crippen molar-refractivity contribution >= 4 is 28.7 Å². The molecule has 1 heterocycles. The third kappa shape index (κ3) is 2.47. The molecule has 20 heavy (non-hydrogen) atoms. The van der Waals surface area contributed by atoms with Crippen molar-refractivity contribution in [2.75, 3.05) is 5.73 Å². The van der Waals surface area contributed by atoms with Gasteiger partial charge >= 0.3 is 0 Å². The van der Waals surface area contributed by atoms with E-state index in [0.717, 1.165) is 16.6 Å². The first-order chi connectivity index (χ1) is 9.72. The number of rotatable bonds is 2. The molecule has 0 spiro atoms. The highest BCUT2D eigenvalue weighted by atomic mass is 16.3. The van der Waals surface area contributed by atoms with Crippen LogP contribution in [0.25, 0.3) is 23.1 Å². The number of phenolic OH excluding ortho intramolecular Hbond substituents is 1. The molecular weight excluding hydrogens is 248 g/mol. The number of anilines is 1. The number of hydrogen-bond acceptors (Lipinski definition) is 3. The first-order valence-electron chi connectivity index (χ1n) is 6.35. The minimum atomic E-state index is 0.169. The topological polar surface area (TPSA) is 59.1 Å². The minimum Gasteiger partial charge on any atom is -0.507 e. The van der Waals surface area contributed by atoms with Crippen LogP contribution in [0.4, 0.5) is 5.69 Å². The van der Waals surface area contributed by atoms with E-state index >= 15 is 0 Å². The first kappa shape index (κ1) is 12.2. The van der Waals surface area contributed by atoms with Gasteiger partial charge in [-0.15, -0.1) is 0 Å². The van der Waals surface area contributed by atoms with Gasteiger partial charge in [0.05, 0.1) is 11.2 Å². The van der Waals surface area contributed by atoms with Gasteiger partial charge in [-0.2, -0.15) is 0 Å². The van der Waals surface area contributed by atoms with Crippen LogP contribution in [0.15, 0.2) is 54.6 Å².